The van der Waals surface area contributed by atoms with E-state index in [4.69, 9.17) is 4.74 Å². The molecule has 10 heteroatoms. The molecule has 2 atom stereocenters. The zero-order chi connectivity index (χ0) is 22.0. The fourth-order valence-electron chi connectivity index (χ4n) is 3.53. The van der Waals surface area contributed by atoms with Gasteiger partial charge in [-0.05, 0) is 43.3 Å². The first-order valence-electron chi connectivity index (χ1n) is 9.84. The Kier molecular flexibility index (Phi) is 6.19. The number of ether oxygens (including phenoxy) is 1. The number of fused-ring (bicyclic) bond motifs is 1. The number of anilines is 2. The number of nitrogens with one attached hydrogen (secondary N) is 1. The van der Waals surface area contributed by atoms with Crippen molar-refractivity contribution in [2.75, 3.05) is 34.9 Å². The minimum atomic E-state index is -3.08. The number of rotatable bonds is 6. The highest BCUT2D eigenvalue weighted by atomic mass is 32.2. The molecule has 2 aliphatic heterocycles. The van der Waals surface area contributed by atoms with E-state index in [9.17, 15) is 17.6 Å². The van der Waals surface area contributed by atoms with Gasteiger partial charge in [-0.25, -0.2) is 12.8 Å². The monoisotopic (exact) mass is 463 g/mol. The molecule has 0 saturated carbocycles. The topological polar surface area (TPSA) is 88.1 Å². The van der Waals surface area contributed by atoms with E-state index in [1.54, 1.807) is 29.2 Å². The van der Waals surface area contributed by atoms with Gasteiger partial charge in [-0.15, -0.1) is 0 Å². The Balaban J connectivity index is 1.57. The van der Waals surface area contributed by atoms with Gasteiger partial charge in [0.1, 0.15) is 18.1 Å². The van der Waals surface area contributed by atoms with Gasteiger partial charge in [0, 0.05) is 10.9 Å². The third kappa shape index (κ3) is 5.01. The van der Waals surface area contributed by atoms with Gasteiger partial charge < -0.3 is 15.0 Å². The molecule has 1 amide bonds. The SMILES string of the molecule is CCOc1ccc(N(CC(=O)Nc2ccccc2F)C2=NC3CS(=O)(=O)CC3S2)cc1. The standard InChI is InChI=1S/C21H22FN3O4S2/c1-2-29-15-9-7-14(8-10-15)25(11-20(26)23-17-6-4-3-5-16(17)22)21-24-18-12-31(27,28)13-19(18)30-21/h3-10,18-19H,2,11-13H2,1H3,(H,23,26). The van der Waals surface area contributed by atoms with Gasteiger partial charge in [-0.1, -0.05) is 23.9 Å². The van der Waals surface area contributed by atoms with E-state index in [0.29, 0.717) is 23.2 Å². The van der Waals surface area contributed by atoms with E-state index >= 15 is 0 Å². The molecule has 1 N–H and O–H groups in total. The Morgan fingerprint density at radius 1 is 1.23 bits per heavy atom. The van der Waals surface area contributed by atoms with Crippen molar-refractivity contribution in [3.63, 3.8) is 0 Å². The molecule has 1 saturated heterocycles. The lowest BCUT2D eigenvalue weighted by Gasteiger charge is -2.24. The Labute approximate surface area is 184 Å². The van der Waals surface area contributed by atoms with Crippen LogP contribution in [0.5, 0.6) is 5.75 Å². The Bertz CT molecular complexity index is 1110. The van der Waals surface area contributed by atoms with E-state index in [0.717, 1.165) is 0 Å². The number of thioether (sulfide) groups is 1. The van der Waals surface area contributed by atoms with Crippen molar-refractivity contribution in [3.05, 3.63) is 54.3 Å². The average molecular weight is 464 g/mol. The molecule has 2 heterocycles. The van der Waals surface area contributed by atoms with E-state index < -0.39 is 21.6 Å². The summed E-state index contributed by atoms with van der Waals surface area (Å²) in [6.45, 7) is 2.33. The molecule has 31 heavy (non-hydrogen) atoms. The van der Waals surface area contributed by atoms with Crippen molar-refractivity contribution in [1.29, 1.82) is 0 Å². The number of benzene rings is 2. The summed E-state index contributed by atoms with van der Waals surface area (Å²) >= 11 is 1.36. The van der Waals surface area contributed by atoms with Gasteiger partial charge in [0.25, 0.3) is 0 Å². The Hall–Kier alpha value is -2.59. The summed E-state index contributed by atoms with van der Waals surface area (Å²) in [6.07, 6.45) is 0. The van der Waals surface area contributed by atoms with Gasteiger partial charge in [-0.3, -0.25) is 9.79 Å². The maximum absolute atomic E-state index is 13.9. The van der Waals surface area contributed by atoms with Gasteiger partial charge in [0.15, 0.2) is 15.0 Å². The highest BCUT2D eigenvalue weighted by Gasteiger charge is 2.44. The molecule has 2 aromatic rings. The fraction of sp³-hybridized carbons (Fsp3) is 0.333. The first-order chi connectivity index (χ1) is 14.8. The lowest BCUT2D eigenvalue weighted by molar-refractivity contribution is -0.114. The van der Waals surface area contributed by atoms with Gasteiger partial charge in [0.2, 0.25) is 5.91 Å². The lowest BCUT2D eigenvalue weighted by Crippen LogP contribution is -2.36. The van der Waals surface area contributed by atoms with Crippen LogP contribution in [0.1, 0.15) is 6.92 Å². The van der Waals surface area contributed by atoms with Crippen molar-refractivity contribution in [2.45, 2.75) is 18.2 Å². The van der Waals surface area contributed by atoms with Crippen LogP contribution in [0.15, 0.2) is 53.5 Å². The van der Waals surface area contributed by atoms with Crippen LogP contribution in [0.25, 0.3) is 0 Å². The highest BCUT2D eigenvalue weighted by molar-refractivity contribution is 8.15. The Morgan fingerprint density at radius 3 is 2.65 bits per heavy atom. The number of carbonyl (C=O) groups excluding carboxylic acids is 1. The summed E-state index contributed by atoms with van der Waals surface area (Å²) in [4.78, 5) is 19.0. The zero-order valence-corrected chi connectivity index (χ0v) is 18.5. The first kappa shape index (κ1) is 21.6. The quantitative estimate of drug-likeness (QED) is 0.709. The number of para-hydroxylation sites is 1. The highest BCUT2D eigenvalue weighted by Crippen LogP contribution is 2.37. The molecule has 0 spiro atoms. The van der Waals surface area contributed by atoms with Crippen LogP contribution in [-0.2, 0) is 14.6 Å². The summed E-state index contributed by atoms with van der Waals surface area (Å²) in [7, 11) is -3.08. The van der Waals surface area contributed by atoms with Crippen LogP contribution in [0, 0.1) is 5.82 Å². The summed E-state index contributed by atoms with van der Waals surface area (Å²) in [6, 6.07) is 12.9. The van der Waals surface area contributed by atoms with Crippen LogP contribution in [0.2, 0.25) is 0 Å². The minimum Gasteiger partial charge on any atom is -0.494 e. The second-order valence-corrected chi connectivity index (χ2v) is 10.6. The predicted molar refractivity (Wildman–Crippen MR) is 121 cm³/mol. The molecular weight excluding hydrogens is 441 g/mol. The Morgan fingerprint density at radius 2 is 1.97 bits per heavy atom. The largest absolute Gasteiger partial charge is 0.494 e. The number of halogens is 1. The summed E-state index contributed by atoms with van der Waals surface area (Å²) in [5.41, 5.74) is 0.810. The van der Waals surface area contributed by atoms with Crippen LogP contribution in [-0.4, -0.2) is 55.4 Å². The smallest absolute Gasteiger partial charge is 0.244 e. The molecule has 7 nitrogen and oxygen atoms in total. The minimum absolute atomic E-state index is 0.0205. The third-order valence-corrected chi connectivity index (χ3v) is 8.19. The average Bonchev–Trinajstić information content (AvgIpc) is 3.22. The van der Waals surface area contributed by atoms with E-state index in [1.807, 2.05) is 19.1 Å². The first-order valence-corrected chi connectivity index (χ1v) is 12.5. The number of sulfone groups is 1. The van der Waals surface area contributed by atoms with Crippen molar-refractivity contribution >= 4 is 44.0 Å². The van der Waals surface area contributed by atoms with E-state index in [-0.39, 0.29) is 35.0 Å². The molecular formula is C21H22FN3O4S2. The maximum Gasteiger partial charge on any atom is 0.244 e. The lowest BCUT2D eigenvalue weighted by atomic mass is 10.2. The van der Waals surface area contributed by atoms with Crippen molar-refractivity contribution in [1.82, 2.24) is 0 Å². The molecule has 4 rings (SSSR count). The molecule has 0 radical (unpaired) electrons. The van der Waals surface area contributed by atoms with Crippen LogP contribution < -0.4 is 15.0 Å². The molecule has 0 aliphatic carbocycles. The van der Waals surface area contributed by atoms with Crippen molar-refractivity contribution < 1.29 is 22.3 Å². The molecule has 0 aromatic heterocycles. The number of amides is 1. The number of carbonyl (C=O) groups is 1. The fourth-order valence-corrected chi connectivity index (χ4v) is 7.31. The number of amidine groups is 1. The third-order valence-electron chi connectivity index (χ3n) is 4.95. The number of hydrogen-bond donors (Lipinski definition) is 1. The molecule has 2 unspecified atom stereocenters. The molecule has 2 aromatic carbocycles. The number of hydrogen-bond acceptors (Lipinski definition) is 7. The normalized spacial score (nSPS) is 21.3. The van der Waals surface area contributed by atoms with Crippen molar-refractivity contribution in [2.24, 2.45) is 4.99 Å². The molecule has 0 bridgehead atoms. The van der Waals surface area contributed by atoms with Gasteiger partial charge in [-0.2, -0.15) is 0 Å². The van der Waals surface area contributed by atoms with Crippen LogP contribution >= 0.6 is 11.8 Å². The molecule has 1 fully saturated rings. The van der Waals surface area contributed by atoms with Crippen LogP contribution in [0.3, 0.4) is 0 Å². The van der Waals surface area contributed by atoms with Gasteiger partial charge >= 0.3 is 0 Å². The zero-order valence-electron chi connectivity index (χ0n) is 16.8. The predicted octanol–water partition coefficient (Wildman–Crippen LogP) is 2.94. The van der Waals surface area contributed by atoms with Crippen molar-refractivity contribution in [3.8, 4) is 5.75 Å². The molecule has 2 aliphatic rings. The van der Waals surface area contributed by atoms with E-state index in [1.165, 1.54) is 23.9 Å². The number of nitrogens with zero attached hydrogens (tertiary/aromatic N) is 2. The van der Waals surface area contributed by atoms with Gasteiger partial charge in [0.05, 0.1) is 29.8 Å². The number of aliphatic imine (C=N–C) groups is 1. The second kappa shape index (κ2) is 8.88. The molecule has 164 valence electrons. The summed E-state index contributed by atoms with van der Waals surface area (Å²) in [5.74, 6) is -0.130. The second-order valence-electron chi connectivity index (χ2n) is 7.25. The van der Waals surface area contributed by atoms with E-state index in [2.05, 4.69) is 10.3 Å². The van der Waals surface area contributed by atoms with Crippen LogP contribution in [0.4, 0.5) is 15.8 Å². The summed E-state index contributed by atoms with van der Waals surface area (Å²) in [5, 5.41) is 3.02. The maximum atomic E-state index is 13.9. The summed E-state index contributed by atoms with van der Waals surface area (Å²) < 4.78 is 43.2.